The first-order valence-electron chi connectivity index (χ1n) is 3.80. The molecule has 1 unspecified atom stereocenters. The monoisotopic (exact) mass is 143 g/mol. The van der Waals surface area contributed by atoms with Gasteiger partial charge in [0.1, 0.15) is 0 Å². The summed E-state index contributed by atoms with van der Waals surface area (Å²) < 4.78 is 0. The molecule has 0 spiro atoms. The third kappa shape index (κ3) is 1.62. The Bertz CT molecular complexity index is 95.1. The van der Waals surface area contributed by atoms with Gasteiger partial charge in [0.15, 0.2) is 0 Å². The largest absolute Gasteiger partial charge is 0.305 e. The van der Waals surface area contributed by atoms with E-state index in [2.05, 4.69) is 17.1 Å². The standard InChI is InChI=1S/C7H13NS/c1-2-6(1)5-7-8-3-4-9-7/h6-8H,1-5H2. The molecule has 1 atom stereocenters. The highest BCUT2D eigenvalue weighted by atomic mass is 32.2. The van der Waals surface area contributed by atoms with Crippen molar-refractivity contribution >= 4 is 11.8 Å². The van der Waals surface area contributed by atoms with Crippen molar-refractivity contribution in [2.24, 2.45) is 5.92 Å². The van der Waals surface area contributed by atoms with Gasteiger partial charge in [-0.05, 0) is 12.3 Å². The maximum atomic E-state index is 3.49. The van der Waals surface area contributed by atoms with Gasteiger partial charge >= 0.3 is 0 Å². The minimum atomic E-state index is 0.817. The van der Waals surface area contributed by atoms with Crippen LogP contribution in [0.5, 0.6) is 0 Å². The van der Waals surface area contributed by atoms with Gasteiger partial charge < -0.3 is 5.32 Å². The summed E-state index contributed by atoms with van der Waals surface area (Å²) in [5, 5.41) is 4.31. The molecule has 2 rings (SSSR count). The summed E-state index contributed by atoms with van der Waals surface area (Å²) >= 11 is 2.10. The van der Waals surface area contributed by atoms with Gasteiger partial charge in [-0.2, -0.15) is 0 Å². The van der Waals surface area contributed by atoms with Crippen LogP contribution in [0.2, 0.25) is 0 Å². The lowest BCUT2D eigenvalue weighted by molar-refractivity contribution is 0.614. The van der Waals surface area contributed by atoms with Gasteiger partial charge in [-0.3, -0.25) is 0 Å². The lowest BCUT2D eigenvalue weighted by Crippen LogP contribution is -2.19. The van der Waals surface area contributed by atoms with Crippen LogP contribution in [0.3, 0.4) is 0 Å². The predicted octanol–water partition coefficient (Wildman–Crippen LogP) is 1.45. The first-order chi connectivity index (χ1) is 4.45. The van der Waals surface area contributed by atoms with Gasteiger partial charge in [-0.15, -0.1) is 11.8 Å². The smallest absolute Gasteiger partial charge is 0.0535 e. The fourth-order valence-electron chi connectivity index (χ4n) is 1.29. The first-order valence-corrected chi connectivity index (χ1v) is 4.85. The zero-order chi connectivity index (χ0) is 6.10. The van der Waals surface area contributed by atoms with E-state index in [1.807, 2.05) is 0 Å². The molecule has 0 aromatic heterocycles. The predicted molar refractivity (Wildman–Crippen MR) is 41.6 cm³/mol. The van der Waals surface area contributed by atoms with E-state index in [1.54, 1.807) is 0 Å². The molecule has 1 N–H and O–H groups in total. The van der Waals surface area contributed by atoms with Crippen LogP contribution >= 0.6 is 11.8 Å². The second kappa shape index (κ2) is 2.51. The Labute approximate surface area is 60.6 Å². The molecule has 2 fully saturated rings. The quantitative estimate of drug-likeness (QED) is 0.628. The van der Waals surface area contributed by atoms with Crippen LogP contribution in [-0.4, -0.2) is 17.7 Å². The SMILES string of the molecule is C1CSC(CC2CC2)N1. The lowest BCUT2D eigenvalue weighted by atomic mass is 10.3. The van der Waals surface area contributed by atoms with E-state index < -0.39 is 0 Å². The Hall–Kier alpha value is 0.310. The average Bonchev–Trinajstić information content (AvgIpc) is 2.46. The third-order valence-corrected chi connectivity index (χ3v) is 3.24. The Morgan fingerprint density at radius 1 is 1.44 bits per heavy atom. The molecule has 2 heteroatoms. The van der Waals surface area contributed by atoms with E-state index in [1.165, 1.54) is 31.6 Å². The molecule has 52 valence electrons. The molecule has 1 heterocycles. The van der Waals surface area contributed by atoms with E-state index in [4.69, 9.17) is 0 Å². The summed E-state index contributed by atoms with van der Waals surface area (Å²) in [6, 6.07) is 0. The van der Waals surface area contributed by atoms with Crippen molar-refractivity contribution in [1.29, 1.82) is 0 Å². The summed E-state index contributed by atoms with van der Waals surface area (Å²) in [6.45, 7) is 1.24. The molecule has 0 bridgehead atoms. The van der Waals surface area contributed by atoms with Gasteiger partial charge in [0.25, 0.3) is 0 Å². The molecular formula is C7H13NS. The summed E-state index contributed by atoms with van der Waals surface area (Å²) in [7, 11) is 0. The molecule has 1 aliphatic carbocycles. The fourth-order valence-corrected chi connectivity index (χ4v) is 2.45. The molecular weight excluding hydrogens is 130 g/mol. The minimum Gasteiger partial charge on any atom is -0.305 e. The highest BCUT2D eigenvalue weighted by molar-refractivity contribution is 8.00. The Kier molecular flexibility index (Phi) is 1.68. The number of thioether (sulfide) groups is 1. The summed E-state index contributed by atoms with van der Waals surface area (Å²) in [6.07, 6.45) is 4.43. The highest BCUT2D eigenvalue weighted by Crippen LogP contribution is 2.36. The van der Waals surface area contributed by atoms with Crippen molar-refractivity contribution in [1.82, 2.24) is 5.32 Å². The molecule has 1 saturated heterocycles. The zero-order valence-electron chi connectivity index (χ0n) is 5.60. The minimum absolute atomic E-state index is 0.817. The number of rotatable bonds is 2. The molecule has 0 radical (unpaired) electrons. The Balaban J connectivity index is 1.70. The van der Waals surface area contributed by atoms with Crippen LogP contribution < -0.4 is 5.32 Å². The zero-order valence-corrected chi connectivity index (χ0v) is 6.41. The average molecular weight is 143 g/mol. The van der Waals surface area contributed by atoms with E-state index in [0.717, 1.165) is 11.3 Å². The second-order valence-electron chi connectivity index (χ2n) is 2.99. The van der Waals surface area contributed by atoms with E-state index in [0.29, 0.717) is 0 Å². The van der Waals surface area contributed by atoms with Crippen molar-refractivity contribution in [3.8, 4) is 0 Å². The summed E-state index contributed by atoms with van der Waals surface area (Å²) in [5.41, 5.74) is 0. The van der Waals surface area contributed by atoms with Crippen LogP contribution in [-0.2, 0) is 0 Å². The maximum absolute atomic E-state index is 3.49. The van der Waals surface area contributed by atoms with Crippen molar-refractivity contribution in [3.63, 3.8) is 0 Å². The topological polar surface area (TPSA) is 12.0 Å². The maximum Gasteiger partial charge on any atom is 0.0535 e. The van der Waals surface area contributed by atoms with Gasteiger partial charge in [0.2, 0.25) is 0 Å². The van der Waals surface area contributed by atoms with Crippen LogP contribution in [0.1, 0.15) is 19.3 Å². The molecule has 0 aromatic rings. The van der Waals surface area contributed by atoms with E-state index in [-0.39, 0.29) is 0 Å². The van der Waals surface area contributed by atoms with E-state index in [9.17, 15) is 0 Å². The third-order valence-electron chi connectivity index (χ3n) is 2.04. The van der Waals surface area contributed by atoms with Crippen molar-refractivity contribution in [2.75, 3.05) is 12.3 Å². The summed E-state index contributed by atoms with van der Waals surface area (Å²) in [4.78, 5) is 0. The van der Waals surface area contributed by atoms with Crippen molar-refractivity contribution in [2.45, 2.75) is 24.6 Å². The number of hydrogen-bond donors (Lipinski definition) is 1. The normalized spacial score (nSPS) is 35.3. The Morgan fingerprint density at radius 2 is 2.33 bits per heavy atom. The molecule has 9 heavy (non-hydrogen) atoms. The lowest BCUT2D eigenvalue weighted by Gasteiger charge is -2.05. The molecule has 2 aliphatic rings. The van der Waals surface area contributed by atoms with Crippen LogP contribution in [0.25, 0.3) is 0 Å². The molecule has 0 amide bonds. The van der Waals surface area contributed by atoms with Crippen LogP contribution in [0.15, 0.2) is 0 Å². The molecule has 1 saturated carbocycles. The first kappa shape index (κ1) is 6.05. The molecule has 0 aromatic carbocycles. The summed E-state index contributed by atoms with van der Waals surface area (Å²) in [5.74, 6) is 2.42. The molecule has 1 aliphatic heterocycles. The Morgan fingerprint density at radius 3 is 2.89 bits per heavy atom. The van der Waals surface area contributed by atoms with Gasteiger partial charge in [0.05, 0.1) is 5.37 Å². The van der Waals surface area contributed by atoms with Crippen LogP contribution in [0, 0.1) is 5.92 Å². The fraction of sp³-hybridized carbons (Fsp3) is 1.00. The van der Waals surface area contributed by atoms with Gasteiger partial charge in [-0.1, -0.05) is 12.8 Å². The number of nitrogens with one attached hydrogen (secondary N) is 1. The second-order valence-corrected chi connectivity index (χ2v) is 4.30. The van der Waals surface area contributed by atoms with E-state index >= 15 is 0 Å². The van der Waals surface area contributed by atoms with Crippen molar-refractivity contribution < 1.29 is 0 Å². The molecule has 1 nitrogen and oxygen atoms in total. The number of hydrogen-bond acceptors (Lipinski definition) is 2. The van der Waals surface area contributed by atoms with Gasteiger partial charge in [-0.25, -0.2) is 0 Å². The van der Waals surface area contributed by atoms with Crippen LogP contribution in [0.4, 0.5) is 0 Å². The highest BCUT2D eigenvalue weighted by Gasteiger charge is 2.26. The van der Waals surface area contributed by atoms with Crippen molar-refractivity contribution in [3.05, 3.63) is 0 Å². The van der Waals surface area contributed by atoms with Gasteiger partial charge in [0, 0.05) is 12.3 Å².